The van der Waals surface area contributed by atoms with Gasteiger partial charge in [-0.25, -0.2) is 0 Å². The number of benzene rings is 3. The van der Waals surface area contributed by atoms with Crippen LogP contribution in [0.3, 0.4) is 0 Å². The summed E-state index contributed by atoms with van der Waals surface area (Å²) in [6, 6.07) is 21.9. The van der Waals surface area contributed by atoms with Gasteiger partial charge in [-0.2, -0.15) is 4.57 Å². The largest absolute Gasteiger partial charge is 0.496 e. The Balaban J connectivity index is 1.49. The van der Waals surface area contributed by atoms with Crippen LogP contribution in [-0.4, -0.2) is 13.7 Å². The lowest BCUT2D eigenvalue weighted by molar-refractivity contribution is -0.641. The highest BCUT2D eigenvalue weighted by molar-refractivity contribution is 8.03. The molecule has 5 aromatic rings. The molecule has 0 atom stereocenters. The van der Waals surface area contributed by atoms with Gasteiger partial charge in [0, 0.05) is 28.0 Å². The Hall–Kier alpha value is -3.06. The molecular weight excluding hydrogens is 501 g/mol. The maximum Gasteiger partial charge on any atom is 0.263 e. The van der Waals surface area contributed by atoms with Crippen LogP contribution in [0.5, 0.6) is 5.75 Å². The average molecular weight is 528 g/mol. The molecule has 0 saturated carbocycles. The molecule has 0 N–H and O–H groups in total. The molecule has 0 bridgehead atoms. The SMILES string of the molecule is CCN1/C(=C/C(=C/c2sc3ccc4ccccc4c3[n+]2C)c2cccs2)Sc2cc(OC)c(C)cc21. The van der Waals surface area contributed by atoms with E-state index in [1.807, 2.05) is 23.1 Å². The highest BCUT2D eigenvalue weighted by atomic mass is 32.2. The number of hydrogen-bond acceptors (Lipinski definition) is 5. The zero-order valence-electron chi connectivity index (χ0n) is 20.7. The number of thiazole rings is 1. The van der Waals surface area contributed by atoms with Gasteiger partial charge in [-0.3, -0.25) is 0 Å². The number of fused-ring (bicyclic) bond motifs is 4. The monoisotopic (exact) mass is 527 g/mol. The molecule has 3 nitrogen and oxygen atoms in total. The highest BCUT2D eigenvalue weighted by Crippen LogP contribution is 2.49. The van der Waals surface area contributed by atoms with Gasteiger partial charge in [0.1, 0.15) is 17.5 Å². The summed E-state index contributed by atoms with van der Waals surface area (Å²) in [5.41, 5.74) is 4.95. The Kier molecular flexibility index (Phi) is 6.12. The van der Waals surface area contributed by atoms with E-state index >= 15 is 0 Å². The Morgan fingerprint density at radius 1 is 1.08 bits per heavy atom. The zero-order valence-corrected chi connectivity index (χ0v) is 23.2. The van der Waals surface area contributed by atoms with Gasteiger partial charge in [0.15, 0.2) is 0 Å². The molecule has 36 heavy (non-hydrogen) atoms. The van der Waals surface area contributed by atoms with Crippen molar-refractivity contribution in [3.8, 4) is 5.75 Å². The first-order valence-electron chi connectivity index (χ1n) is 12.0. The lowest BCUT2D eigenvalue weighted by atomic mass is 10.1. The van der Waals surface area contributed by atoms with Crippen LogP contribution in [0.4, 0.5) is 5.69 Å². The van der Waals surface area contributed by atoms with Gasteiger partial charge in [-0.05, 0) is 66.6 Å². The molecule has 0 spiro atoms. The number of thioether (sulfide) groups is 1. The first-order chi connectivity index (χ1) is 17.6. The van der Waals surface area contributed by atoms with Crippen molar-refractivity contribution < 1.29 is 9.30 Å². The number of aryl methyl sites for hydroxylation is 2. The van der Waals surface area contributed by atoms with Gasteiger partial charge in [-0.1, -0.05) is 53.4 Å². The molecule has 0 radical (unpaired) electrons. The summed E-state index contributed by atoms with van der Waals surface area (Å²) in [6.07, 6.45) is 4.70. The molecule has 0 amide bonds. The summed E-state index contributed by atoms with van der Waals surface area (Å²) in [5, 5.41) is 7.21. The maximum absolute atomic E-state index is 5.60. The summed E-state index contributed by atoms with van der Waals surface area (Å²) in [7, 11) is 3.93. The van der Waals surface area contributed by atoms with E-state index in [0.717, 1.165) is 17.9 Å². The van der Waals surface area contributed by atoms with E-state index in [0.29, 0.717) is 0 Å². The number of thiophene rings is 1. The van der Waals surface area contributed by atoms with E-state index in [-0.39, 0.29) is 0 Å². The summed E-state index contributed by atoms with van der Waals surface area (Å²) < 4.78 is 9.25. The van der Waals surface area contributed by atoms with Gasteiger partial charge in [-0.15, -0.1) is 11.3 Å². The Labute approximate surface area is 224 Å². The van der Waals surface area contributed by atoms with Crippen molar-refractivity contribution >= 4 is 72.8 Å². The molecule has 3 aromatic carbocycles. The fraction of sp³-hybridized carbons (Fsp3) is 0.167. The van der Waals surface area contributed by atoms with Crippen LogP contribution in [0.15, 0.2) is 82.0 Å². The van der Waals surface area contributed by atoms with Crippen molar-refractivity contribution in [1.29, 1.82) is 0 Å². The first kappa shape index (κ1) is 23.3. The molecule has 2 aromatic heterocycles. The number of methoxy groups -OCH3 is 1. The highest BCUT2D eigenvalue weighted by Gasteiger charge is 2.26. The van der Waals surface area contributed by atoms with Crippen LogP contribution in [0.25, 0.3) is 32.6 Å². The second-order valence-electron chi connectivity index (χ2n) is 8.83. The molecule has 0 unspecified atom stereocenters. The number of rotatable bonds is 5. The second kappa shape index (κ2) is 9.43. The minimum absolute atomic E-state index is 0.915. The molecule has 6 heteroatoms. The molecule has 180 valence electrons. The lowest BCUT2D eigenvalue weighted by Crippen LogP contribution is -2.29. The van der Waals surface area contributed by atoms with Crippen LogP contribution in [0, 0.1) is 6.92 Å². The van der Waals surface area contributed by atoms with E-state index in [9.17, 15) is 0 Å². The second-order valence-corrected chi connectivity index (χ2v) is 11.9. The third kappa shape index (κ3) is 3.94. The summed E-state index contributed by atoms with van der Waals surface area (Å²) in [4.78, 5) is 4.92. The molecule has 3 heterocycles. The van der Waals surface area contributed by atoms with Crippen molar-refractivity contribution in [3.63, 3.8) is 0 Å². The van der Waals surface area contributed by atoms with Gasteiger partial charge in [0.05, 0.1) is 23.2 Å². The first-order valence-corrected chi connectivity index (χ1v) is 14.5. The van der Waals surface area contributed by atoms with E-state index < -0.39 is 0 Å². The van der Waals surface area contributed by atoms with Gasteiger partial charge in [0.2, 0.25) is 5.52 Å². The summed E-state index contributed by atoms with van der Waals surface area (Å²) in [6.45, 7) is 5.24. The zero-order chi connectivity index (χ0) is 24.8. The maximum atomic E-state index is 5.60. The number of nitrogens with zero attached hydrogens (tertiary/aromatic N) is 2. The van der Waals surface area contributed by atoms with Crippen LogP contribution in [-0.2, 0) is 7.05 Å². The fourth-order valence-electron chi connectivity index (χ4n) is 4.86. The molecular formula is C30H27N2OS3+. The van der Waals surface area contributed by atoms with Crippen molar-refractivity contribution in [3.05, 3.63) is 92.6 Å². The van der Waals surface area contributed by atoms with E-state index in [2.05, 4.69) is 109 Å². The smallest absolute Gasteiger partial charge is 0.263 e. The van der Waals surface area contributed by atoms with Gasteiger partial charge < -0.3 is 9.64 Å². The molecule has 1 aliphatic rings. The van der Waals surface area contributed by atoms with Crippen molar-refractivity contribution in [2.24, 2.45) is 7.05 Å². The fourth-order valence-corrected chi connectivity index (χ4v) is 7.88. The molecule has 0 aliphatic carbocycles. The van der Waals surface area contributed by atoms with Gasteiger partial charge >= 0.3 is 0 Å². The number of aromatic nitrogens is 1. The third-order valence-electron chi connectivity index (χ3n) is 6.67. The van der Waals surface area contributed by atoms with Crippen molar-refractivity contribution in [2.75, 3.05) is 18.6 Å². The predicted octanol–water partition coefficient (Wildman–Crippen LogP) is 8.27. The van der Waals surface area contributed by atoms with Gasteiger partial charge in [0.25, 0.3) is 5.01 Å². The minimum atomic E-state index is 0.915. The molecule has 0 fully saturated rings. The number of ether oxygens (including phenoxy) is 1. The third-order valence-corrected chi connectivity index (χ3v) is 9.84. The number of anilines is 1. The normalized spacial score (nSPS) is 14.8. The number of allylic oxidation sites excluding steroid dienone is 2. The quantitative estimate of drug-likeness (QED) is 0.214. The van der Waals surface area contributed by atoms with E-state index in [4.69, 9.17) is 4.74 Å². The lowest BCUT2D eigenvalue weighted by Gasteiger charge is -2.19. The Bertz CT molecular complexity index is 1660. The Morgan fingerprint density at radius 3 is 2.72 bits per heavy atom. The van der Waals surface area contributed by atoms with Crippen LogP contribution < -0.4 is 14.2 Å². The van der Waals surface area contributed by atoms with E-state index in [1.165, 1.54) is 52.1 Å². The summed E-state index contributed by atoms with van der Waals surface area (Å²) in [5.74, 6) is 0.942. The van der Waals surface area contributed by atoms with Crippen molar-refractivity contribution in [2.45, 2.75) is 18.7 Å². The van der Waals surface area contributed by atoms with Crippen LogP contribution in [0.2, 0.25) is 0 Å². The average Bonchev–Trinajstić information content (AvgIpc) is 3.61. The topological polar surface area (TPSA) is 16.4 Å². The molecule has 6 rings (SSSR count). The Morgan fingerprint density at radius 2 is 1.94 bits per heavy atom. The summed E-state index contributed by atoms with van der Waals surface area (Å²) >= 11 is 5.45. The molecule has 1 aliphatic heterocycles. The van der Waals surface area contributed by atoms with Crippen LogP contribution >= 0.6 is 34.4 Å². The molecule has 0 saturated heterocycles. The minimum Gasteiger partial charge on any atom is -0.496 e. The van der Waals surface area contributed by atoms with Crippen LogP contribution in [0.1, 0.15) is 22.4 Å². The van der Waals surface area contributed by atoms with Crippen molar-refractivity contribution in [1.82, 2.24) is 0 Å². The predicted molar refractivity (Wildman–Crippen MR) is 157 cm³/mol. The van der Waals surface area contributed by atoms with E-state index in [1.54, 1.807) is 18.4 Å². The standard InChI is InChI=1S/C30H27N2OS3/c1-5-32-23-15-19(2)24(33-4)18-27(23)36-29(32)17-21(25-11-8-14-34-25)16-28-31(3)30-22-10-7-6-9-20(22)12-13-26(30)35-28/h6-18H,5H2,1-4H3/q+1. The number of hydrogen-bond donors (Lipinski definition) is 0.